The van der Waals surface area contributed by atoms with Crippen LogP contribution in [0.4, 0.5) is 0 Å². The average molecular weight is 259 g/mol. The van der Waals surface area contributed by atoms with E-state index in [4.69, 9.17) is 4.74 Å². The van der Waals surface area contributed by atoms with Crippen LogP contribution >= 0.6 is 0 Å². The molecular weight excluding hydrogens is 242 g/mol. The Kier molecular flexibility index (Phi) is 4.00. The number of rotatable bonds is 4. The maximum Gasteiger partial charge on any atom is 0.240 e. The number of pyridine rings is 1. The van der Waals surface area contributed by atoms with Gasteiger partial charge in [-0.2, -0.15) is 5.26 Å². The number of hydrogen-bond donors (Lipinski definition) is 1. The van der Waals surface area contributed by atoms with Gasteiger partial charge in [0.25, 0.3) is 0 Å². The SMILES string of the molecule is COc1cc(CNC(=O)C2(C#N)CCCC2)ccn1. The van der Waals surface area contributed by atoms with E-state index in [0.717, 1.165) is 18.4 Å². The molecule has 5 heteroatoms. The van der Waals surface area contributed by atoms with Crippen molar-refractivity contribution < 1.29 is 9.53 Å². The normalized spacial score (nSPS) is 16.6. The summed E-state index contributed by atoms with van der Waals surface area (Å²) in [5.41, 5.74) is 0.0863. The van der Waals surface area contributed by atoms with Crippen LogP contribution in [0.3, 0.4) is 0 Å². The number of carbonyl (C=O) groups is 1. The van der Waals surface area contributed by atoms with Gasteiger partial charge in [0.2, 0.25) is 11.8 Å². The lowest BCUT2D eigenvalue weighted by Crippen LogP contribution is -2.37. The zero-order chi connectivity index (χ0) is 13.7. The third kappa shape index (κ3) is 2.84. The molecule has 19 heavy (non-hydrogen) atoms. The van der Waals surface area contributed by atoms with Crippen molar-refractivity contribution in [3.05, 3.63) is 23.9 Å². The first-order chi connectivity index (χ1) is 9.20. The van der Waals surface area contributed by atoms with E-state index in [1.165, 1.54) is 0 Å². The van der Waals surface area contributed by atoms with Crippen LogP contribution in [-0.4, -0.2) is 18.0 Å². The highest BCUT2D eigenvalue weighted by Crippen LogP contribution is 2.37. The summed E-state index contributed by atoms with van der Waals surface area (Å²) >= 11 is 0. The van der Waals surface area contributed by atoms with Gasteiger partial charge in [-0.25, -0.2) is 4.98 Å². The topological polar surface area (TPSA) is 75.0 Å². The molecular formula is C14H17N3O2. The summed E-state index contributed by atoms with van der Waals surface area (Å²) < 4.78 is 5.03. The minimum Gasteiger partial charge on any atom is -0.481 e. The van der Waals surface area contributed by atoms with Crippen molar-refractivity contribution in [3.8, 4) is 11.9 Å². The van der Waals surface area contributed by atoms with Gasteiger partial charge in [0, 0.05) is 18.8 Å². The Morgan fingerprint density at radius 1 is 1.58 bits per heavy atom. The van der Waals surface area contributed by atoms with Crippen LogP contribution in [0.5, 0.6) is 5.88 Å². The molecule has 1 saturated carbocycles. The second-order valence-corrected chi connectivity index (χ2v) is 4.79. The largest absolute Gasteiger partial charge is 0.481 e. The molecule has 1 amide bonds. The van der Waals surface area contributed by atoms with Crippen LogP contribution in [0.15, 0.2) is 18.3 Å². The van der Waals surface area contributed by atoms with Crippen molar-refractivity contribution in [1.82, 2.24) is 10.3 Å². The predicted molar refractivity (Wildman–Crippen MR) is 69.1 cm³/mol. The first kappa shape index (κ1) is 13.3. The summed E-state index contributed by atoms with van der Waals surface area (Å²) in [6.45, 7) is 0.390. The molecule has 0 aromatic carbocycles. The lowest BCUT2D eigenvalue weighted by atomic mass is 9.87. The molecule has 1 aliphatic carbocycles. The van der Waals surface area contributed by atoms with Crippen LogP contribution in [-0.2, 0) is 11.3 Å². The molecule has 1 fully saturated rings. The van der Waals surface area contributed by atoms with Crippen LogP contribution in [0, 0.1) is 16.7 Å². The van der Waals surface area contributed by atoms with Gasteiger partial charge in [0.05, 0.1) is 13.2 Å². The Hall–Kier alpha value is -2.09. The van der Waals surface area contributed by atoms with E-state index < -0.39 is 5.41 Å². The van der Waals surface area contributed by atoms with Gasteiger partial charge < -0.3 is 10.1 Å². The van der Waals surface area contributed by atoms with E-state index in [1.54, 1.807) is 19.4 Å². The van der Waals surface area contributed by atoms with Crippen molar-refractivity contribution in [3.63, 3.8) is 0 Å². The van der Waals surface area contributed by atoms with E-state index in [9.17, 15) is 10.1 Å². The molecule has 0 saturated heterocycles. The number of ether oxygens (including phenoxy) is 1. The van der Waals surface area contributed by atoms with Gasteiger partial charge >= 0.3 is 0 Å². The van der Waals surface area contributed by atoms with Gasteiger partial charge in [-0.3, -0.25) is 4.79 Å². The summed E-state index contributed by atoms with van der Waals surface area (Å²) in [5.74, 6) is 0.353. The first-order valence-corrected chi connectivity index (χ1v) is 6.39. The molecule has 0 spiro atoms. The fourth-order valence-corrected chi connectivity index (χ4v) is 2.39. The molecule has 0 unspecified atom stereocenters. The molecule has 100 valence electrons. The average Bonchev–Trinajstić information content (AvgIpc) is 2.95. The lowest BCUT2D eigenvalue weighted by molar-refractivity contribution is -0.128. The quantitative estimate of drug-likeness (QED) is 0.894. The molecule has 2 rings (SSSR count). The van der Waals surface area contributed by atoms with Gasteiger partial charge in [-0.15, -0.1) is 0 Å². The van der Waals surface area contributed by atoms with Crippen LogP contribution in [0.2, 0.25) is 0 Å². The van der Waals surface area contributed by atoms with Gasteiger partial charge in [-0.1, -0.05) is 12.8 Å². The molecule has 0 atom stereocenters. The summed E-state index contributed by atoms with van der Waals surface area (Å²) in [5, 5.41) is 12.1. The number of amides is 1. The Morgan fingerprint density at radius 3 is 2.95 bits per heavy atom. The number of nitrogens with zero attached hydrogens (tertiary/aromatic N) is 2. The Morgan fingerprint density at radius 2 is 2.32 bits per heavy atom. The minimum absolute atomic E-state index is 0.164. The number of nitrogens with one attached hydrogen (secondary N) is 1. The van der Waals surface area contributed by atoms with E-state index in [1.807, 2.05) is 6.07 Å². The molecule has 0 bridgehead atoms. The van der Waals surface area contributed by atoms with Crippen molar-refractivity contribution in [2.24, 2.45) is 5.41 Å². The van der Waals surface area contributed by atoms with Gasteiger partial charge in [0.15, 0.2) is 0 Å². The second kappa shape index (κ2) is 5.70. The Labute approximate surface area is 112 Å². The summed E-state index contributed by atoms with van der Waals surface area (Å²) in [4.78, 5) is 16.2. The van der Waals surface area contributed by atoms with Crippen LogP contribution < -0.4 is 10.1 Å². The lowest BCUT2D eigenvalue weighted by Gasteiger charge is -2.19. The van der Waals surface area contributed by atoms with Gasteiger partial charge in [0.1, 0.15) is 5.41 Å². The van der Waals surface area contributed by atoms with E-state index >= 15 is 0 Å². The standard InChI is InChI=1S/C14H17N3O2/c1-19-12-8-11(4-7-16-12)9-17-13(18)14(10-15)5-2-3-6-14/h4,7-8H,2-3,5-6,9H2,1H3,(H,17,18). The molecule has 1 N–H and O–H groups in total. The Bertz CT molecular complexity index is 502. The summed E-state index contributed by atoms with van der Waals surface area (Å²) in [6.07, 6.45) is 4.86. The molecule has 0 radical (unpaired) electrons. The molecule has 1 aromatic rings. The number of aromatic nitrogens is 1. The van der Waals surface area contributed by atoms with Crippen LogP contribution in [0.25, 0.3) is 0 Å². The van der Waals surface area contributed by atoms with E-state index in [-0.39, 0.29) is 5.91 Å². The minimum atomic E-state index is -0.822. The van der Waals surface area contributed by atoms with Crippen molar-refractivity contribution in [2.45, 2.75) is 32.2 Å². The smallest absolute Gasteiger partial charge is 0.240 e. The van der Waals surface area contributed by atoms with Crippen LogP contribution in [0.1, 0.15) is 31.2 Å². The number of carbonyl (C=O) groups excluding carboxylic acids is 1. The number of nitriles is 1. The molecule has 5 nitrogen and oxygen atoms in total. The summed E-state index contributed by atoms with van der Waals surface area (Å²) in [7, 11) is 1.55. The van der Waals surface area contributed by atoms with E-state index in [2.05, 4.69) is 16.4 Å². The molecule has 1 aliphatic rings. The highest BCUT2D eigenvalue weighted by Gasteiger charge is 2.41. The maximum absolute atomic E-state index is 12.1. The van der Waals surface area contributed by atoms with Crippen molar-refractivity contribution in [2.75, 3.05) is 7.11 Å². The predicted octanol–water partition coefficient (Wildman–Crippen LogP) is 1.79. The van der Waals surface area contributed by atoms with Crippen molar-refractivity contribution >= 4 is 5.91 Å². The molecule has 1 aromatic heterocycles. The summed E-state index contributed by atoms with van der Waals surface area (Å²) in [6, 6.07) is 5.77. The van der Waals surface area contributed by atoms with E-state index in [0.29, 0.717) is 25.3 Å². The van der Waals surface area contributed by atoms with Crippen molar-refractivity contribution in [1.29, 1.82) is 5.26 Å². The fourth-order valence-electron chi connectivity index (χ4n) is 2.39. The maximum atomic E-state index is 12.1. The highest BCUT2D eigenvalue weighted by molar-refractivity contribution is 5.85. The zero-order valence-corrected chi connectivity index (χ0v) is 11.0. The molecule has 1 heterocycles. The van der Waals surface area contributed by atoms with Gasteiger partial charge in [-0.05, 0) is 24.5 Å². The second-order valence-electron chi connectivity index (χ2n) is 4.79. The third-order valence-corrected chi connectivity index (χ3v) is 3.57. The monoisotopic (exact) mass is 259 g/mol. The highest BCUT2D eigenvalue weighted by atomic mass is 16.5. The molecule has 0 aliphatic heterocycles. The fraction of sp³-hybridized carbons (Fsp3) is 0.500. The zero-order valence-electron chi connectivity index (χ0n) is 11.0. The Balaban J connectivity index is 1.98. The number of hydrogen-bond acceptors (Lipinski definition) is 4. The first-order valence-electron chi connectivity index (χ1n) is 6.39. The number of methoxy groups -OCH3 is 1. The third-order valence-electron chi connectivity index (χ3n) is 3.57.